The van der Waals surface area contributed by atoms with Crippen LogP contribution in [0.3, 0.4) is 0 Å². The summed E-state index contributed by atoms with van der Waals surface area (Å²) in [5.74, 6) is -0.611. The molecule has 13 heteroatoms. The minimum atomic E-state index is -4.04. The van der Waals surface area contributed by atoms with Gasteiger partial charge in [-0.25, -0.2) is 13.2 Å². The van der Waals surface area contributed by atoms with Gasteiger partial charge in [0.15, 0.2) is 0 Å². The molecule has 0 fully saturated rings. The van der Waals surface area contributed by atoms with Crippen molar-refractivity contribution in [3.63, 3.8) is 0 Å². The number of carbonyl (C=O) groups excluding carboxylic acids is 2. The monoisotopic (exact) mass is 748 g/mol. The first-order chi connectivity index (χ1) is 21.4. The molecule has 0 spiro atoms. The maximum Gasteiger partial charge on any atom is 0.340 e. The number of benzene rings is 3. The van der Waals surface area contributed by atoms with Crippen LogP contribution in [0, 0.1) is 0 Å². The molecule has 45 heavy (non-hydrogen) atoms. The highest BCUT2D eigenvalue weighted by Gasteiger charge is 2.38. The van der Waals surface area contributed by atoms with Crippen LogP contribution in [-0.4, -0.2) is 31.7 Å². The summed E-state index contributed by atoms with van der Waals surface area (Å²) in [7, 11) is -2.80. The lowest BCUT2D eigenvalue weighted by Crippen LogP contribution is -2.30. The van der Waals surface area contributed by atoms with Crippen LogP contribution in [0.2, 0.25) is 15.1 Å². The summed E-state index contributed by atoms with van der Waals surface area (Å²) in [6, 6.07) is 21.0. The molecule has 0 radical (unpaired) electrons. The highest BCUT2D eigenvalue weighted by Crippen LogP contribution is 2.36. The molecule has 0 unspecified atom stereocenters. The first-order valence-electron chi connectivity index (χ1n) is 13.3. The van der Waals surface area contributed by atoms with Crippen molar-refractivity contribution in [2.75, 3.05) is 12.0 Å². The Morgan fingerprint density at radius 2 is 1.71 bits per heavy atom. The van der Waals surface area contributed by atoms with Gasteiger partial charge < -0.3 is 9.15 Å². The van der Waals surface area contributed by atoms with E-state index in [0.29, 0.717) is 27.0 Å². The molecule has 0 N–H and O–H groups in total. The number of allylic oxidation sites excluding steroid dienone is 1. The molecule has 2 heterocycles. The molecule has 232 valence electrons. The van der Waals surface area contributed by atoms with Crippen molar-refractivity contribution in [1.29, 1.82) is 0 Å². The molecule has 3 aromatic carbocycles. The third-order valence-electron chi connectivity index (χ3n) is 6.95. The van der Waals surface area contributed by atoms with Crippen LogP contribution in [0.25, 0.3) is 6.08 Å². The first kappa shape index (κ1) is 33.0. The van der Waals surface area contributed by atoms with E-state index >= 15 is 0 Å². The lowest BCUT2D eigenvalue weighted by atomic mass is 10.1. The predicted molar refractivity (Wildman–Crippen MR) is 177 cm³/mol. The fourth-order valence-corrected chi connectivity index (χ4v) is 7.03. The minimum Gasteiger partial charge on any atom is -0.465 e. The lowest BCUT2D eigenvalue weighted by molar-refractivity contribution is -0.136. The van der Waals surface area contributed by atoms with Gasteiger partial charge in [-0.2, -0.15) is 4.31 Å². The number of halogens is 4. The Labute approximate surface area is 283 Å². The number of hydrogen-bond donors (Lipinski definition) is 0. The number of sulfonamides is 1. The van der Waals surface area contributed by atoms with E-state index in [1.54, 1.807) is 55.5 Å². The molecule has 0 aliphatic carbocycles. The van der Waals surface area contributed by atoms with Crippen molar-refractivity contribution >= 4 is 84.4 Å². The fraction of sp³-hybridized carbons (Fsp3) is 0.125. The van der Waals surface area contributed by atoms with Gasteiger partial charge in [-0.15, -0.1) is 0 Å². The van der Waals surface area contributed by atoms with Gasteiger partial charge in [-0.1, -0.05) is 62.9 Å². The number of rotatable bonds is 9. The molecule has 0 saturated heterocycles. The van der Waals surface area contributed by atoms with Crippen LogP contribution in [0.1, 0.15) is 24.0 Å². The van der Waals surface area contributed by atoms with Crippen molar-refractivity contribution in [3.8, 4) is 0 Å². The number of ether oxygens (including phenoxy) is 1. The average Bonchev–Trinajstić information content (AvgIpc) is 3.55. The van der Waals surface area contributed by atoms with Gasteiger partial charge in [0.25, 0.3) is 5.91 Å². The van der Waals surface area contributed by atoms with Crippen LogP contribution in [0.5, 0.6) is 0 Å². The summed E-state index contributed by atoms with van der Waals surface area (Å²) in [6.07, 6.45) is 1.44. The zero-order chi connectivity index (χ0) is 32.5. The third-order valence-corrected chi connectivity index (χ3v) is 10.2. The second-order valence-corrected chi connectivity index (χ2v) is 14.0. The quantitative estimate of drug-likeness (QED) is 0.126. The van der Waals surface area contributed by atoms with Crippen LogP contribution >= 0.6 is 50.7 Å². The van der Waals surface area contributed by atoms with E-state index in [2.05, 4.69) is 15.9 Å². The van der Waals surface area contributed by atoms with Crippen molar-refractivity contribution in [1.82, 2.24) is 4.31 Å². The van der Waals surface area contributed by atoms with Crippen molar-refractivity contribution in [2.24, 2.45) is 0 Å². The standard InChI is InChI=1S/C32H24BrCl3N2O6S/c1-19-30(32(40)43-2)27(31(39)38(19)23-5-3-4-21(33)15-23)16-24-9-10-25(44-24)18-37(17-20-6-13-28(35)29(36)14-20)45(41,42)26-11-7-22(34)8-12-26/h3-16H,17-18H2,1-2H3/b27-16+. The molecule has 4 aromatic rings. The Morgan fingerprint density at radius 1 is 0.978 bits per heavy atom. The Hall–Kier alpha value is -3.38. The number of carbonyl (C=O) groups is 2. The van der Waals surface area contributed by atoms with Crippen LogP contribution < -0.4 is 4.90 Å². The van der Waals surface area contributed by atoms with Gasteiger partial charge in [0, 0.05) is 21.7 Å². The second-order valence-electron chi connectivity index (χ2n) is 9.91. The Balaban J connectivity index is 1.49. The van der Waals surface area contributed by atoms with E-state index in [1.807, 2.05) is 6.07 Å². The number of nitrogens with zero attached hydrogens (tertiary/aromatic N) is 2. The molecule has 5 rings (SSSR count). The number of anilines is 1. The lowest BCUT2D eigenvalue weighted by Gasteiger charge is -2.22. The van der Waals surface area contributed by atoms with Gasteiger partial charge in [0.1, 0.15) is 11.5 Å². The molecule has 1 amide bonds. The highest BCUT2D eigenvalue weighted by atomic mass is 79.9. The summed E-state index contributed by atoms with van der Waals surface area (Å²) in [5, 5.41) is 1.02. The predicted octanol–water partition coefficient (Wildman–Crippen LogP) is 8.27. The van der Waals surface area contributed by atoms with Crippen LogP contribution in [0.15, 0.2) is 109 Å². The molecule has 0 saturated carbocycles. The van der Waals surface area contributed by atoms with Crippen molar-refractivity contribution in [3.05, 3.63) is 132 Å². The first-order valence-corrected chi connectivity index (χ1v) is 16.7. The molecule has 0 atom stereocenters. The van der Waals surface area contributed by atoms with Gasteiger partial charge in [-0.05, 0) is 85.3 Å². The summed E-state index contributed by atoms with van der Waals surface area (Å²) < 4.78 is 40.5. The average molecular weight is 751 g/mol. The molecule has 8 nitrogen and oxygen atoms in total. The van der Waals surface area contributed by atoms with Gasteiger partial charge in [0.05, 0.1) is 45.4 Å². The van der Waals surface area contributed by atoms with Gasteiger partial charge in [-0.3, -0.25) is 9.69 Å². The van der Waals surface area contributed by atoms with Gasteiger partial charge >= 0.3 is 5.97 Å². The SMILES string of the molecule is COC(=O)C1=C(C)N(c2cccc(Br)c2)C(=O)/C1=C/c1ccc(CN(Cc2ccc(Cl)c(Cl)c2)S(=O)(=O)c2ccc(Cl)cc2)o1. The number of methoxy groups -OCH3 is 1. The summed E-state index contributed by atoms with van der Waals surface area (Å²) in [4.78, 5) is 27.9. The molecular weight excluding hydrogens is 727 g/mol. The highest BCUT2D eigenvalue weighted by molar-refractivity contribution is 9.10. The van der Waals surface area contributed by atoms with Crippen LogP contribution in [-0.2, 0) is 37.4 Å². The Morgan fingerprint density at radius 3 is 2.38 bits per heavy atom. The molecule has 0 bridgehead atoms. The summed E-state index contributed by atoms with van der Waals surface area (Å²) in [5.41, 5.74) is 1.71. The smallest absolute Gasteiger partial charge is 0.340 e. The van der Waals surface area contributed by atoms with E-state index in [4.69, 9.17) is 44.0 Å². The maximum absolute atomic E-state index is 13.8. The van der Waals surface area contributed by atoms with E-state index in [0.717, 1.165) is 4.47 Å². The number of hydrogen-bond acceptors (Lipinski definition) is 6. The fourth-order valence-electron chi connectivity index (χ4n) is 4.80. The van der Waals surface area contributed by atoms with E-state index < -0.39 is 21.9 Å². The van der Waals surface area contributed by atoms with Crippen LogP contribution in [0.4, 0.5) is 5.69 Å². The molecular formula is C32H24BrCl3N2O6S. The largest absolute Gasteiger partial charge is 0.465 e. The zero-order valence-electron chi connectivity index (χ0n) is 23.8. The van der Waals surface area contributed by atoms with E-state index in [9.17, 15) is 18.0 Å². The number of esters is 1. The van der Waals surface area contributed by atoms with Gasteiger partial charge in [0.2, 0.25) is 10.0 Å². The van der Waals surface area contributed by atoms with Crippen molar-refractivity contribution in [2.45, 2.75) is 24.9 Å². The zero-order valence-corrected chi connectivity index (χ0v) is 28.4. The normalized spacial score (nSPS) is 14.6. The van der Waals surface area contributed by atoms with E-state index in [-0.39, 0.29) is 45.7 Å². The summed E-state index contributed by atoms with van der Waals surface area (Å²) >= 11 is 21.7. The Kier molecular flexibility index (Phi) is 9.93. The molecule has 1 aliphatic heterocycles. The van der Waals surface area contributed by atoms with E-state index in [1.165, 1.54) is 46.7 Å². The number of amides is 1. The van der Waals surface area contributed by atoms with Crippen molar-refractivity contribution < 1.29 is 27.2 Å². The number of furan rings is 1. The maximum atomic E-state index is 13.8. The third kappa shape index (κ3) is 7.06. The minimum absolute atomic E-state index is 0.0355. The molecule has 1 aromatic heterocycles. The molecule has 1 aliphatic rings. The Bertz CT molecular complexity index is 1970. The summed E-state index contributed by atoms with van der Waals surface area (Å²) in [6.45, 7) is 1.45. The second kappa shape index (κ2) is 13.5. The topological polar surface area (TPSA) is 97.1 Å².